The van der Waals surface area contributed by atoms with E-state index in [2.05, 4.69) is 28.6 Å². The van der Waals surface area contributed by atoms with Crippen LogP contribution >= 0.6 is 0 Å². The minimum atomic E-state index is 0.0177. The van der Waals surface area contributed by atoms with Gasteiger partial charge < -0.3 is 15.6 Å². The summed E-state index contributed by atoms with van der Waals surface area (Å²) in [7, 11) is 0. The summed E-state index contributed by atoms with van der Waals surface area (Å²) in [6.07, 6.45) is 10.1. The number of hydrogen-bond donors (Lipinski definition) is 3. The average Bonchev–Trinajstić information content (AvgIpc) is 3.29. The number of benzene rings is 2. The summed E-state index contributed by atoms with van der Waals surface area (Å²) < 4.78 is 0. The maximum absolute atomic E-state index is 12.7. The molecule has 5 rings (SSSR count). The third-order valence-electron chi connectivity index (χ3n) is 7.67. The molecule has 2 fully saturated rings. The van der Waals surface area contributed by atoms with Crippen LogP contribution in [0.2, 0.25) is 0 Å². The standard InChI is InChI=1S/C29H35N3O2/c1-19-7-9-21(10-8-19)28(33)31-25-14-11-20(12-15-25)27-18-23-17-22(13-16-26(23)32-27)29(34)30-24-5-3-2-4-6-24/h11-19,21,24,32H,2-10H2,1H3,(H,30,34)(H,31,33). The molecule has 0 saturated heterocycles. The van der Waals surface area contributed by atoms with Gasteiger partial charge in [-0.15, -0.1) is 0 Å². The van der Waals surface area contributed by atoms with Gasteiger partial charge in [-0.05, 0) is 86.4 Å². The fourth-order valence-electron chi connectivity index (χ4n) is 5.44. The Labute approximate surface area is 201 Å². The Morgan fingerprint density at radius 3 is 2.32 bits per heavy atom. The molecule has 3 N–H and O–H groups in total. The van der Waals surface area contributed by atoms with E-state index in [9.17, 15) is 9.59 Å². The lowest BCUT2D eigenvalue weighted by Crippen LogP contribution is -2.36. The molecule has 2 saturated carbocycles. The predicted octanol–water partition coefficient (Wildman–Crippen LogP) is 6.66. The van der Waals surface area contributed by atoms with Crippen molar-refractivity contribution in [3.05, 3.63) is 54.1 Å². The SMILES string of the molecule is CC1CCC(C(=O)Nc2ccc(-c3cc4cc(C(=O)NC5CCCCC5)ccc4[nH]3)cc2)CC1. The van der Waals surface area contributed by atoms with Crippen molar-refractivity contribution in [3.8, 4) is 11.3 Å². The van der Waals surface area contributed by atoms with Crippen LogP contribution in [-0.4, -0.2) is 22.8 Å². The number of aromatic nitrogens is 1. The van der Waals surface area contributed by atoms with E-state index in [1.165, 1.54) is 19.3 Å². The van der Waals surface area contributed by atoms with Crippen LogP contribution in [0.5, 0.6) is 0 Å². The minimum Gasteiger partial charge on any atom is -0.355 e. The smallest absolute Gasteiger partial charge is 0.251 e. The highest BCUT2D eigenvalue weighted by atomic mass is 16.2. The van der Waals surface area contributed by atoms with Crippen molar-refractivity contribution in [2.24, 2.45) is 11.8 Å². The van der Waals surface area contributed by atoms with E-state index in [0.29, 0.717) is 11.6 Å². The summed E-state index contributed by atoms with van der Waals surface area (Å²) in [5, 5.41) is 7.32. The number of aromatic amines is 1. The van der Waals surface area contributed by atoms with Gasteiger partial charge in [0, 0.05) is 39.8 Å². The molecule has 2 aromatic carbocycles. The molecular formula is C29H35N3O2. The maximum Gasteiger partial charge on any atom is 0.251 e. The lowest BCUT2D eigenvalue weighted by molar-refractivity contribution is -0.121. The topological polar surface area (TPSA) is 74.0 Å². The van der Waals surface area contributed by atoms with Crippen LogP contribution in [0, 0.1) is 11.8 Å². The fraction of sp³-hybridized carbons (Fsp3) is 0.448. The zero-order valence-electron chi connectivity index (χ0n) is 20.0. The molecule has 1 aromatic heterocycles. The van der Waals surface area contributed by atoms with E-state index < -0.39 is 0 Å². The first-order chi connectivity index (χ1) is 16.5. The number of carbonyl (C=O) groups is 2. The molecule has 2 aliphatic rings. The fourth-order valence-corrected chi connectivity index (χ4v) is 5.44. The van der Waals surface area contributed by atoms with Gasteiger partial charge in [-0.2, -0.15) is 0 Å². The number of anilines is 1. The third kappa shape index (κ3) is 5.19. The molecule has 34 heavy (non-hydrogen) atoms. The van der Waals surface area contributed by atoms with Crippen LogP contribution in [0.15, 0.2) is 48.5 Å². The van der Waals surface area contributed by atoms with Gasteiger partial charge >= 0.3 is 0 Å². The van der Waals surface area contributed by atoms with Crippen molar-refractivity contribution >= 4 is 28.4 Å². The molecule has 2 aliphatic carbocycles. The molecule has 1 heterocycles. The Hall–Kier alpha value is -3.08. The highest BCUT2D eigenvalue weighted by molar-refractivity contribution is 5.99. The summed E-state index contributed by atoms with van der Waals surface area (Å²) in [6, 6.07) is 16.2. The molecule has 5 heteroatoms. The number of amides is 2. The second-order valence-electron chi connectivity index (χ2n) is 10.3. The van der Waals surface area contributed by atoms with Crippen LogP contribution < -0.4 is 10.6 Å². The summed E-state index contributed by atoms with van der Waals surface area (Å²) in [5.74, 6) is 1.03. The molecule has 178 valence electrons. The molecular weight excluding hydrogens is 422 g/mol. The van der Waals surface area contributed by atoms with E-state index in [1.54, 1.807) is 0 Å². The van der Waals surface area contributed by atoms with Gasteiger partial charge in [-0.1, -0.05) is 38.3 Å². The molecule has 0 bridgehead atoms. The number of nitrogens with one attached hydrogen (secondary N) is 3. The van der Waals surface area contributed by atoms with Gasteiger partial charge in [-0.25, -0.2) is 0 Å². The van der Waals surface area contributed by atoms with Crippen LogP contribution in [0.3, 0.4) is 0 Å². The highest BCUT2D eigenvalue weighted by Crippen LogP contribution is 2.30. The first-order valence-corrected chi connectivity index (χ1v) is 12.9. The lowest BCUT2D eigenvalue weighted by Gasteiger charge is -2.25. The van der Waals surface area contributed by atoms with Crippen molar-refractivity contribution in [1.82, 2.24) is 10.3 Å². The van der Waals surface area contributed by atoms with Gasteiger partial charge in [0.1, 0.15) is 0 Å². The molecule has 0 radical (unpaired) electrons. The number of carbonyl (C=O) groups excluding carboxylic acids is 2. The summed E-state index contributed by atoms with van der Waals surface area (Å²) in [4.78, 5) is 28.8. The second-order valence-corrected chi connectivity index (χ2v) is 10.3. The van der Waals surface area contributed by atoms with E-state index in [0.717, 1.165) is 72.3 Å². The number of H-pyrrole nitrogens is 1. The van der Waals surface area contributed by atoms with Gasteiger partial charge in [0.2, 0.25) is 5.91 Å². The number of hydrogen-bond acceptors (Lipinski definition) is 2. The zero-order chi connectivity index (χ0) is 23.5. The van der Waals surface area contributed by atoms with Crippen molar-refractivity contribution in [1.29, 1.82) is 0 Å². The van der Waals surface area contributed by atoms with Gasteiger partial charge in [0.05, 0.1) is 0 Å². The molecule has 0 unspecified atom stereocenters. The zero-order valence-corrected chi connectivity index (χ0v) is 20.0. The van der Waals surface area contributed by atoms with Crippen molar-refractivity contribution in [3.63, 3.8) is 0 Å². The third-order valence-corrected chi connectivity index (χ3v) is 7.67. The molecule has 0 atom stereocenters. The summed E-state index contributed by atoms with van der Waals surface area (Å²) in [5.41, 5.74) is 4.60. The Morgan fingerprint density at radius 2 is 1.59 bits per heavy atom. The van der Waals surface area contributed by atoms with E-state index in [-0.39, 0.29) is 17.7 Å². The molecule has 3 aromatic rings. The minimum absolute atomic E-state index is 0.0177. The average molecular weight is 458 g/mol. The Balaban J connectivity index is 1.24. The Morgan fingerprint density at radius 1 is 0.853 bits per heavy atom. The largest absolute Gasteiger partial charge is 0.355 e. The lowest BCUT2D eigenvalue weighted by atomic mass is 9.82. The van der Waals surface area contributed by atoms with Crippen LogP contribution in [0.1, 0.15) is 75.1 Å². The number of fused-ring (bicyclic) bond motifs is 1. The van der Waals surface area contributed by atoms with Crippen molar-refractivity contribution in [2.75, 3.05) is 5.32 Å². The molecule has 5 nitrogen and oxygen atoms in total. The monoisotopic (exact) mass is 457 g/mol. The summed E-state index contributed by atoms with van der Waals surface area (Å²) >= 11 is 0. The van der Waals surface area contributed by atoms with E-state index >= 15 is 0 Å². The predicted molar refractivity (Wildman–Crippen MR) is 138 cm³/mol. The van der Waals surface area contributed by atoms with Gasteiger partial charge in [-0.3, -0.25) is 9.59 Å². The Bertz CT molecular complexity index is 1150. The normalized spacial score (nSPS) is 21.3. The van der Waals surface area contributed by atoms with Crippen LogP contribution in [-0.2, 0) is 4.79 Å². The quantitative estimate of drug-likeness (QED) is 0.401. The van der Waals surface area contributed by atoms with Gasteiger partial charge in [0.25, 0.3) is 5.91 Å². The summed E-state index contributed by atoms with van der Waals surface area (Å²) in [6.45, 7) is 2.27. The van der Waals surface area contributed by atoms with Crippen molar-refractivity contribution in [2.45, 2.75) is 70.8 Å². The first kappa shape index (κ1) is 22.7. The van der Waals surface area contributed by atoms with Crippen LogP contribution in [0.25, 0.3) is 22.2 Å². The first-order valence-electron chi connectivity index (χ1n) is 12.9. The number of rotatable bonds is 5. The maximum atomic E-state index is 12.7. The van der Waals surface area contributed by atoms with Gasteiger partial charge in [0.15, 0.2) is 0 Å². The molecule has 2 amide bonds. The Kier molecular flexibility index (Phi) is 6.70. The van der Waals surface area contributed by atoms with E-state index in [1.807, 2.05) is 42.5 Å². The van der Waals surface area contributed by atoms with Crippen molar-refractivity contribution < 1.29 is 9.59 Å². The highest BCUT2D eigenvalue weighted by Gasteiger charge is 2.24. The molecule has 0 spiro atoms. The molecule has 0 aliphatic heterocycles. The van der Waals surface area contributed by atoms with Crippen LogP contribution in [0.4, 0.5) is 5.69 Å². The second kappa shape index (κ2) is 10.0. The van der Waals surface area contributed by atoms with E-state index in [4.69, 9.17) is 0 Å².